The van der Waals surface area contributed by atoms with Crippen molar-refractivity contribution >= 4 is 5.91 Å². The molecule has 0 atom stereocenters. The molecule has 1 aliphatic carbocycles. The number of hydrogen-bond acceptors (Lipinski definition) is 2. The van der Waals surface area contributed by atoms with Crippen molar-refractivity contribution in [3.8, 4) is 0 Å². The summed E-state index contributed by atoms with van der Waals surface area (Å²) in [5, 5.41) is 3.27. The molecule has 0 heterocycles. The SMILES string of the molecule is CCCCN(C(=O)CNC(C)(C)C)C1CC1. The topological polar surface area (TPSA) is 32.3 Å². The van der Waals surface area contributed by atoms with Crippen molar-refractivity contribution in [3.63, 3.8) is 0 Å². The third-order valence-electron chi connectivity index (χ3n) is 2.83. The van der Waals surface area contributed by atoms with Crippen molar-refractivity contribution in [2.24, 2.45) is 0 Å². The van der Waals surface area contributed by atoms with E-state index in [1.807, 2.05) is 0 Å². The molecular formula is C13H26N2O. The quantitative estimate of drug-likeness (QED) is 0.753. The van der Waals surface area contributed by atoms with E-state index in [1.165, 1.54) is 12.8 Å². The molecule has 1 aliphatic rings. The zero-order chi connectivity index (χ0) is 12.2. The maximum atomic E-state index is 12.0. The van der Waals surface area contributed by atoms with Gasteiger partial charge in [-0.25, -0.2) is 0 Å². The third kappa shape index (κ3) is 4.97. The van der Waals surface area contributed by atoms with E-state index in [0.29, 0.717) is 12.6 Å². The van der Waals surface area contributed by atoms with E-state index in [2.05, 4.69) is 37.9 Å². The molecule has 1 saturated carbocycles. The number of hydrogen-bond donors (Lipinski definition) is 1. The molecule has 0 aliphatic heterocycles. The molecule has 3 nitrogen and oxygen atoms in total. The second kappa shape index (κ2) is 5.67. The number of nitrogens with zero attached hydrogens (tertiary/aromatic N) is 1. The first-order valence-corrected chi connectivity index (χ1v) is 6.48. The number of unbranched alkanes of at least 4 members (excludes halogenated alkanes) is 1. The van der Waals surface area contributed by atoms with Crippen molar-refractivity contribution < 1.29 is 4.79 Å². The number of nitrogens with one attached hydrogen (secondary N) is 1. The lowest BCUT2D eigenvalue weighted by Gasteiger charge is -2.26. The Bertz CT molecular complexity index is 229. The second-order valence-corrected chi connectivity index (χ2v) is 5.78. The Morgan fingerprint density at radius 2 is 2.00 bits per heavy atom. The lowest BCUT2D eigenvalue weighted by molar-refractivity contribution is -0.131. The van der Waals surface area contributed by atoms with Crippen LogP contribution in [0.15, 0.2) is 0 Å². The Morgan fingerprint density at radius 1 is 1.38 bits per heavy atom. The maximum absolute atomic E-state index is 12.0. The Labute approximate surface area is 99.6 Å². The van der Waals surface area contributed by atoms with Gasteiger partial charge in [-0.3, -0.25) is 4.79 Å². The average Bonchev–Trinajstić information content (AvgIpc) is 2.98. The van der Waals surface area contributed by atoms with Gasteiger partial charge in [0.2, 0.25) is 5.91 Å². The van der Waals surface area contributed by atoms with Crippen molar-refractivity contribution in [2.45, 2.75) is 65.0 Å². The van der Waals surface area contributed by atoms with Crippen molar-refractivity contribution in [2.75, 3.05) is 13.1 Å². The normalized spacial score (nSPS) is 16.2. The van der Waals surface area contributed by atoms with Gasteiger partial charge in [-0.1, -0.05) is 13.3 Å². The molecule has 0 aromatic heterocycles. The monoisotopic (exact) mass is 226 g/mol. The fourth-order valence-electron chi connectivity index (χ4n) is 1.67. The van der Waals surface area contributed by atoms with Crippen LogP contribution in [0.25, 0.3) is 0 Å². The lowest BCUT2D eigenvalue weighted by atomic mass is 10.1. The fraction of sp³-hybridized carbons (Fsp3) is 0.923. The van der Waals surface area contributed by atoms with Crippen LogP contribution < -0.4 is 5.32 Å². The first-order valence-electron chi connectivity index (χ1n) is 6.48. The molecule has 0 aromatic rings. The highest BCUT2D eigenvalue weighted by Crippen LogP contribution is 2.27. The largest absolute Gasteiger partial charge is 0.339 e. The summed E-state index contributed by atoms with van der Waals surface area (Å²) in [4.78, 5) is 14.1. The zero-order valence-corrected chi connectivity index (χ0v) is 11.2. The van der Waals surface area contributed by atoms with Gasteiger partial charge in [-0.15, -0.1) is 0 Å². The Morgan fingerprint density at radius 3 is 2.44 bits per heavy atom. The van der Waals surface area contributed by atoms with Gasteiger partial charge in [0, 0.05) is 18.1 Å². The summed E-state index contributed by atoms with van der Waals surface area (Å²) in [6.45, 7) is 9.86. The van der Waals surface area contributed by atoms with Gasteiger partial charge >= 0.3 is 0 Å². The van der Waals surface area contributed by atoms with Crippen LogP contribution in [-0.4, -0.2) is 35.5 Å². The summed E-state index contributed by atoms with van der Waals surface area (Å²) in [5.74, 6) is 0.269. The summed E-state index contributed by atoms with van der Waals surface area (Å²) < 4.78 is 0. The van der Waals surface area contributed by atoms with E-state index in [-0.39, 0.29) is 11.4 Å². The Balaban J connectivity index is 2.35. The van der Waals surface area contributed by atoms with Gasteiger partial charge in [0.05, 0.1) is 6.54 Å². The van der Waals surface area contributed by atoms with Crippen LogP contribution >= 0.6 is 0 Å². The highest BCUT2D eigenvalue weighted by atomic mass is 16.2. The number of carbonyl (C=O) groups excluding carboxylic acids is 1. The van der Waals surface area contributed by atoms with Crippen molar-refractivity contribution in [1.29, 1.82) is 0 Å². The van der Waals surface area contributed by atoms with E-state index in [4.69, 9.17) is 0 Å². The second-order valence-electron chi connectivity index (χ2n) is 5.78. The zero-order valence-electron chi connectivity index (χ0n) is 11.2. The highest BCUT2D eigenvalue weighted by Gasteiger charge is 2.31. The van der Waals surface area contributed by atoms with Crippen LogP contribution in [0, 0.1) is 0 Å². The van der Waals surface area contributed by atoms with Crippen LogP contribution in [0.5, 0.6) is 0 Å². The summed E-state index contributed by atoms with van der Waals surface area (Å²) in [6, 6.07) is 0.542. The molecule has 3 heteroatoms. The van der Waals surface area contributed by atoms with Gasteiger partial charge in [-0.05, 0) is 40.0 Å². The smallest absolute Gasteiger partial charge is 0.236 e. The van der Waals surface area contributed by atoms with Crippen LogP contribution in [0.1, 0.15) is 53.4 Å². The summed E-state index contributed by atoms with van der Waals surface area (Å²) in [5.41, 5.74) is 0.0234. The first kappa shape index (κ1) is 13.5. The minimum absolute atomic E-state index is 0.0234. The van der Waals surface area contributed by atoms with Crippen LogP contribution in [0.4, 0.5) is 0 Å². The molecule has 1 fully saturated rings. The van der Waals surface area contributed by atoms with E-state index in [0.717, 1.165) is 19.4 Å². The van der Waals surface area contributed by atoms with E-state index in [9.17, 15) is 4.79 Å². The molecule has 16 heavy (non-hydrogen) atoms. The molecule has 0 unspecified atom stereocenters. The molecule has 0 saturated heterocycles. The standard InChI is InChI=1S/C13H26N2O/c1-5-6-9-15(11-7-8-11)12(16)10-14-13(2,3)4/h11,14H,5-10H2,1-4H3. The van der Waals surface area contributed by atoms with Crippen LogP contribution in [0.2, 0.25) is 0 Å². The van der Waals surface area contributed by atoms with Crippen molar-refractivity contribution in [1.82, 2.24) is 10.2 Å². The fourth-order valence-corrected chi connectivity index (χ4v) is 1.67. The van der Waals surface area contributed by atoms with E-state index in [1.54, 1.807) is 0 Å². The van der Waals surface area contributed by atoms with Crippen molar-refractivity contribution in [3.05, 3.63) is 0 Å². The predicted molar refractivity (Wildman–Crippen MR) is 67.4 cm³/mol. The average molecular weight is 226 g/mol. The summed E-state index contributed by atoms with van der Waals surface area (Å²) in [7, 11) is 0. The lowest BCUT2D eigenvalue weighted by Crippen LogP contribution is -2.45. The van der Waals surface area contributed by atoms with Gasteiger partial charge < -0.3 is 10.2 Å². The van der Waals surface area contributed by atoms with Gasteiger partial charge in [0.25, 0.3) is 0 Å². The Kier molecular flexibility index (Phi) is 4.78. The molecule has 0 radical (unpaired) electrons. The molecule has 0 bridgehead atoms. The van der Waals surface area contributed by atoms with E-state index < -0.39 is 0 Å². The van der Waals surface area contributed by atoms with Crippen LogP contribution in [0.3, 0.4) is 0 Å². The van der Waals surface area contributed by atoms with Gasteiger partial charge in [-0.2, -0.15) is 0 Å². The Hall–Kier alpha value is -0.570. The molecule has 0 aromatic carbocycles. The van der Waals surface area contributed by atoms with Gasteiger partial charge in [0.1, 0.15) is 0 Å². The molecule has 1 N–H and O–H groups in total. The predicted octanol–water partition coefficient (Wildman–Crippen LogP) is 2.17. The summed E-state index contributed by atoms with van der Waals surface area (Å²) in [6.07, 6.45) is 4.68. The van der Waals surface area contributed by atoms with E-state index >= 15 is 0 Å². The summed E-state index contributed by atoms with van der Waals surface area (Å²) >= 11 is 0. The maximum Gasteiger partial charge on any atom is 0.236 e. The number of rotatable bonds is 6. The molecule has 94 valence electrons. The molecule has 0 spiro atoms. The number of carbonyl (C=O) groups is 1. The van der Waals surface area contributed by atoms with Crippen LogP contribution in [-0.2, 0) is 4.79 Å². The van der Waals surface area contributed by atoms with Gasteiger partial charge in [0.15, 0.2) is 0 Å². The molecular weight excluding hydrogens is 200 g/mol. The molecule has 1 rings (SSSR count). The highest BCUT2D eigenvalue weighted by molar-refractivity contribution is 5.79. The number of amides is 1. The minimum atomic E-state index is 0.0234. The third-order valence-corrected chi connectivity index (χ3v) is 2.83. The first-order chi connectivity index (χ1) is 7.44. The minimum Gasteiger partial charge on any atom is -0.339 e. The molecule has 1 amide bonds.